The predicted octanol–water partition coefficient (Wildman–Crippen LogP) is 8.73. The van der Waals surface area contributed by atoms with Crippen molar-refractivity contribution in [2.24, 2.45) is 0 Å². The molecule has 5 nitrogen and oxygen atoms in total. The summed E-state index contributed by atoms with van der Waals surface area (Å²) in [6, 6.07) is 8.83. The highest BCUT2D eigenvalue weighted by Crippen LogP contribution is 2.45. The van der Waals surface area contributed by atoms with E-state index < -0.39 is 12.2 Å². The largest absolute Gasteiger partial charge is 0.507 e. The van der Waals surface area contributed by atoms with Crippen LogP contribution < -0.4 is 4.74 Å². The number of rotatable bonds is 12. The van der Waals surface area contributed by atoms with E-state index in [4.69, 9.17) is 9.84 Å². The van der Waals surface area contributed by atoms with Crippen LogP contribution in [0.2, 0.25) is 0 Å². The Kier molecular flexibility index (Phi) is 13.2. The number of phenols is 1. The number of aromatic hydroxyl groups is 1. The Balaban J connectivity index is 2.36. The maximum atomic E-state index is 11.1. The van der Waals surface area contributed by atoms with Crippen LogP contribution in [-0.2, 0) is 21.7 Å². The minimum Gasteiger partial charge on any atom is -0.507 e. The van der Waals surface area contributed by atoms with E-state index in [0.29, 0.717) is 11.0 Å². The van der Waals surface area contributed by atoms with Crippen LogP contribution in [-0.4, -0.2) is 56.9 Å². The zero-order chi connectivity index (χ0) is 33.8. The first-order valence-electron chi connectivity index (χ1n) is 15.9. The third kappa shape index (κ3) is 10.9. The van der Waals surface area contributed by atoms with E-state index in [2.05, 4.69) is 114 Å². The van der Waals surface area contributed by atoms with Gasteiger partial charge in [0, 0.05) is 56.1 Å². The Morgan fingerprint density at radius 1 is 0.659 bits per heavy atom. The van der Waals surface area contributed by atoms with Gasteiger partial charge in [-0.05, 0) is 52.3 Å². The first-order valence-corrected chi connectivity index (χ1v) is 17.8. The fourth-order valence-corrected chi connectivity index (χ4v) is 7.20. The molecule has 0 heterocycles. The molecule has 3 atom stereocenters. The molecule has 0 fully saturated rings. The van der Waals surface area contributed by atoms with Crippen LogP contribution in [0.25, 0.3) is 0 Å². The SMILES string of the molecule is CC(CSc1cc(C(C)(C)C)c(O)c(C(C)(C)C)c1)Sc1cc(C(C)(C)C)c(OCCC(O)C(O)CCO)c(C(C)(C)C)c1. The molecule has 7 heteroatoms. The van der Waals surface area contributed by atoms with E-state index in [1.807, 2.05) is 23.5 Å². The summed E-state index contributed by atoms with van der Waals surface area (Å²) in [5.41, 5.74) is 3.58. The Labute approximate surface area is 276 Å². The average molecular weight is 649 g/mol. The van der Waals surface area contributed by atoms with Crippen molar-refractivity contribution in [1.82, 2.24) is 0 Å². The molecular formula is C37H60O5S2. The molecule has 3 unspecified atom stereocenters. The van der Waals surface area contributed by atoms with Crippen molar-refractivity contribution < 1.29 is 25.2 Å². The zero-order valence-electron chi connectivity index (χ0n) is 29.6. The summed E-state index contributed by atoms with van der Waals surface area (Å²) >= 11 is 3.71. The lowest BCUT2D eigenvalue weighted by molar-refractivity contribution is -0.00521. The van der Waals surface area contributed by atoms with Crippen molar-refractivity contribution in [2.45, 2.75) is 152 Å². The van der Waals surface area contributed by atoms with Crippen molar-refractivity contribution >= 4 is 23.5 Å². The number of aliphatic hydroxyl groups excluding tert-OH is 3. The molecule has 0 saturated carbocycles. The molecule has 0 aliphatic rings. The number of ether oxygens (including phenoxy) is 1. The number of hydrogen-bond acceptors (Lipinski definition) is 7. The van der Waals surface area contributed by atoms with Crippen LogP contribution in [0.1, 0.15) is 125 Å². The van der Waals surface area contributed by atoms with Gasteiger partial charge in [-0.3, -0.25) is 0 Å². The van der Waals surface area contributed by atoms with E-state index in [1.54, 1.807) is 0 Å². The van der Waals surface area contributed by atoms with Crippen molar-refractivity contribution in [3.63, 3.8) is 0 Å². The summed E-state index contributed by atoms with van der Waals surface area (Å²) in [6.07, 6.45) is -1.48. The van der Waals surface area contributed by atoms with E-state index >= 15 is 0 Å². The minimum absolute atomic E-state index is 0.145. The van der Waals surface area contributed by atoms with E-state index in [1.165, 1.54) is 9.79 Å². The van der Waals surface area contributed by atoms with E-state index in [9.17, 15) is 15.3 Å². The molecular weight excluding hydrogens is 589 g/mol. The van der Waals surface area contributed by atoms with Gasteiger partial charge in [-0.2, -0.15) is 0 Å². The lowest BCUT2D eigenvalue weighted by Crippen LogP contribution is -2.29. The van der Waals surface area contributed by atoms with Gasteiger partial charge < -0.3 is 25.2 Å². The maximum absolute atomic E-state index is 11.1. The van der Waals surface area contributed by atoms with Gasteiger partial charge in [0.15, 0.2) is 0 Å². The van der Waals surface area contributed by atoms with Crippen molar-refractivity contribution in [3.05, 3.63) is 46.5 Å². The van der Waals surface area contributed by atoms with Gasteiger partial charge in [-0.25, -0.2) is 0 Å². The summed E-state index contributed by atoms with van der Waals surface area (Å²) in [7, 11) is 0. The second-order valence-electron chi connectivity index (χ2n) is 16.2. The highest BCUT2D eigenvalue weighted by Gasteiger charge is 2.30. The molecule has 0 amide bonds. The fraction of sp³-hybridized carbons (Fsp3) is 0.676. The second-order valence-corrected chi connectivity index (χ2v) is 18.8. The Hall–Kier alpha value is -1.38. The molecule has 250 valence electrons. The maximum Gasteiger partial charge on any atom is 0.126 e. The van der Waals surface area contributed by atoms with Crippen molar-refractivity contribution in [3.8, 4) is 11.5 Å². The lowest BCUT2D eigenvalue weighted by Gasteiger charge is -2.31. The summed E-state index contributed by atoms with van der Waals surface area (Å²) in [5, 5.41) is 40.9. The zero-order valence-corrected chi connectivity index (χ0v) is 31.2. The van der Waals surface area contributed by atoms with Gasteiger partial charge in [0.05, 0.1) is 18.8 Å². The summed E-state index contributed by atoms with van der Waals surface area (Å²) in [5.74, 6) is 2.19. The lowest BCUT2D eigenvalue weighted by atomic mass is 9.79. The smallest absolute Gasteiger partial charge is 0.126 e. The second kappa shape index (κ2) is 15.0. The monoisotopic (exact) mass is 648 g/mol. The molecule has 44 heavy (non-hydrogen) atoms. The van der Waals surface area contributed by atoms with Crippen LogP contribution in [0, 0.1) is 0 Å². The molecule has 2 aromatic rings. The minimum atomic E-state index is -0.965. The summed E-state index contributed by atoms with van der Waals surface area (Å²) in [4.78, 5) is 2.39. The van der Waals surface area contributed by atoms with Crippen LogP contribution in [0.3, 0.4) is 0 Å². The first-order chi connectivity index (χ1) is 20.0. The first kappa shape index (κ1) is 38.8. The van der Waals surface area contributed by atoms with Crippen molar-refractivity contribution in [2.75, 3.05) is 19.0 Å². The Morgan fingerprint density at radius 2 is 1.07 bits per heavy atom. The average Bonchev–Trinajstić information content (AvgIpc) is 2.85. The quantitative estimate of drug-likeness (QED) is 0.171. The van der Waals surface area contributed by atoms with Gasteiger partial charge in [0.25, 0.3) is 0 Å². The fourth-order valence-electron chi connectivity index (χ4n) is 5.05. The highest BCUT2D eigenvalue weighted by molar-refractivity contribution is 8.03. The molecule has 4 N–H and O–H groups in total. The summed E-state index contributed by atoms with van der Waals surface area (Å²) in [6.45, 7) is 28.4. The normalized spacial score (nSPS) is 15.3. The van der Waals surface area contributed by atoms with E-state index in [-0.39, 0.29) is 47.7 Å². The van der Waals surface area contributed by atoms with Crippen LogP contribution >= 0.6 is 23.5 Å². The molecule has 0 aliphatic carbocycles. The van der Waals surface area contributed by atoms with Crippen LogP contribution in [0.4, 0.5) is 0 Å². The number of benzene rings is 2. The molecule has 0 saturated heterocycles. The van der Waals surface area contributed by atoms with Gasteiger partial charge in [0.2, 0.25) is 0 Å². The number of aliphatic hydroxyl groups is 3. The molecule has 2 rings (SSSR count). The number of phenolic OH excluding ortho intramolecular Hbond substituents is 1. The van der Waals surface area contributed by atoms with Gasteiger partial charge >= 0.3 is 0 Å². The van der Waals surface area contributed by atoms with Crippen LogP contribution in [0.15, 0.2) is 34.1 Å². The summed E-state index contributed by atoms with van der Waals surface area (Å²) < 4.78 is 6.41. The van der Waals surface area contributed by atoms with Crippen molar-refractivity contribution in [1.29, 1.82) is 0 Å². The molecule has 0 radical (unpaired) electrons. The third-order valence-corrected chi connectivity index (χ3v) is 10.3. The molecule has 0 aliphatic heterocycles. The predicted molar refractivity (Wildman–Crippen MR) is 189 cm³/mol. The van der Waals surface area contributed by atoms with Gasteiger partial charge in [0.1, 0.15) is 11.5 Å². The highest BCUT2D eigenvalue weighted by atomic mass is 32.2. The molecule has 0 bridgehead atoms. The van der Waals surface area contributed by atoms with Crippen LogP contribution in [0.5, 0.6) is 11.5 Å². The third-order valence-electron chi connectivity index (χ3n) is 7.73. The molecule has 2 aromatic carbocycles. The number of thioether (sulfide) groups is 2. The topological polar surface area (TPSA) is 90.2 Å². The Bertz CT molecular complexity index is 1160. The molecule has 0 spiro atoms. The Morgan fingerprint density at radius 3 is 1.48 bits per heavy atom. The number of hydrogen-bond donors (Lipinski definition) is 4. The van der Waals surface area contributed by atoms with Gasteiger partial charge in [-0.15, -0.1) is 23.5 Å². The van der Waals surface area contributed by atoms with E-state index in [0.717, 1.165) is 33.8 Å². The van der Waals surface area contributed by atoms with Gasteiger partial charge in [-0.1, -0.05) is 90.0 Å². The standard InChI is InChI=1S/C37H60O5S2/c1-23(22-43-24-18-26(34(2,3)4)32(41)27(19-24)35(5,6)7)44-25-20-28(36(8,9)10)33(29(21-25)37(11,12)13)42-17-15-31(40)30(39)14-16-38/h18-21,23,30-31,38-41H,14-17,22H2,1-13H3. The molecule has 0 aromatic heterocycles.